The van der Waals surface area contributed by atoms with Crippen LogP contribution in [0.15, 0.2) is 46.8 Å². The summed E-state index contributed by atoms with van der Waals surface area (Å²) >= 11 is 7.42. The molecule has 0 aliphatic carbocycles. The Balaban J connectivity index is 1.46. The minimum absolute atomic E-state index is 0.0452. The first kappa shape index (κ1) is 22.6. The molecular weight excluding hydrogens is 498 g/mol. The average molecular weight is 518 g/mol. The van der Waals surface area contributed by atoms with Gasteiger partial charge in [0.05, 0.1) is 22.6 Å². The van der Waals surface area contributed by atoms with Gasteiger partial charge in [0.1, 0.15) is 19.0 Å². The molecule has 0 amide bonds. The molecule has 0 spiro atoms. The van der Waals surface area contributed by atoms with Crippen LogP contribution in [0.3, 0.4) is 0 Å². The Morgan fingerprint density at radius 1 is 1.26 bits per heavy atom. The number of rotatable bonds is 6. The van der Waals surface area contributed by atoms with E-state index in [1.54, 1.807) is 24.6 Å². The first-order chi connectivity index (χ1) is 16.3. The summed E-state index contributed by atoms with van der Waals surface area (Å²) in [6, 6.07) is 10.5. The van der Waals surface area contributed by atoms with Crippen molar-refractivity contribution >= 4 is 54.9 Å². The second-order valence-electron chi connectivity index (χ2n) is 7.69. The molecule has 2 aromatic heterocycles. The molecule has 0 atom stereocenters. The number of hydrogen-bond acceptors (Lipinski definition) is 9. The van der Waals surface area contributed by atoms with Crippen molar-refractivity contribution in [2.24, 2.45) is 0 Å². The summed E-state index contributed by atoms with van der Waals surface area (Å²) in [5.41, 5.74) is 4.19. The number of ether oxygens (including phenoxy) is 2. The second-order valence-corrected chi connectivity index (χ2v) is 10.6. The molecule has 12 heteroatoms. The van der Waals surface area contributed by atoms with Gasteiger partial charge in [-0.3, -0.25) is 4.72 Å². The van der Waals surface area contributed by atoms with E-state index < -0.39 is 10.0 Å². The van der Waals surface area contributed by atoms with Crippen LogP contribution in [0.5, 0.6) is 11.6 Å². The molecule has 0 saturated carbocycles. The Morgan fingerprint density at radius 3 is 2.97 bits per heavy atom. The van der Waals surface area contributed by atoms with Crippen molar-refractivity contribution in [2.45, 2.75) is 18.4 Å². The number of hydrogen-bond donors (Lipinski definition) is 1. The van der Waals surface area contributed by atoms with E-state index in [0.717, 1.165) is 23.5 Å². The third-order valence-corrected chi connectivity index (χ3v) is 7.99. The van der Waals surface area contributed by atoms with Gasteiger partial charge in [0.25, 0.3) is 15.9 Å². The standard InChI is InChI=1S/C22H20ClN5O4S2/c1-13-15(23)4-3-5-18(13)34(29,30)27-19-21(26-22-20(25-19)24-12-33-22)32-11-14-6-7-17-16(10-14)28(2)8-9-31-17/h3-7,10,12H,8-9,11H2,1-2H3,(H,25,27). The van der Waals surface area contributed by atoms with Crippen LogP contribution in [0.25, 0.3) is 10.5 Å². The molecule has 2 aromatic carbocycles. The fraction of sp³-hybridized carbons (Fsp3) is 0.227. The third-order valence-electron chi connectivity index (χ3n) is 5.39. The smallest absolute Gasteiger partial charge is 0.263 e. The summed E-state index contributed by atoms with van der Waals surface area (Å²) in [5.74, 6) is 0.826. The van der Waals surface area contributed by atoms with Gasteiger partial charge in [-0.15, -0.1) is 11.3 Å². The van der Waals surface area contributed by atoms with Gasteiger partial charge in [-0.25, -0.2) is 18.4 Å². The van der Waals surface area contributed by atoms with Gasteiger partial charge in [0.15, 0.2) is 10.5 Å². The molecule has 0 unspecified atom stereocenters. The van der Waals surface area contributed by atoms with Crippen molar-refractivity contribution < 1.29 is 17.9 Å². The average Bonchev–Trinajstić information content (AvgIpc) is 3.26. The lowest BCUT2D eigenvalue weighted by Gasteiger charge is -2.28. The zero-order valence-corrected chi connectivity index (χ0v) is 20.7. The molecule has 4 aromatic rings. The maximum absolute atomic E-state index is 13.1. The molecular formula is C22H20ClN5O4S2. The first-order valence-corrected chi connectivity index (χ1v) is 13.0. The quantitative estimate of drug-likeness (QED) is 0.404. The molecule has 1 N–H and O–H groups in total. The fourth-order valence-corrected chi connectivity index (χ4v) is 5.64. The summed E-state index contributed by atoms with van der Waals surface area (Å²) in [6.07, 6.45) is 0. The van der Waals surface area contributed by atoms with Gasteiger partial charge < -0.3 is 14.4 Å². The SMILES string of the molecule is Cc1c(Cl)cccc1S(=O)(=O)Nc1nc2ncsc2nc1OCc1ccc2c(c1)N(C)CCO2. The Labute approximate surface area is 205 Å². The Bertz CT molecular complexity index is 1490. The van der Waals surface area contributed by atoms with Gasteiger partial charge in [0.2, 0.25) is 5.82 Å². The summed E-state index contributed by atoms with van der Waals surface area (Å²) in [5, 5.41) is 0.349. The van der Waals surface area contributed by atoms with E-state index in [-0.39, 0.29) is 23.2 Å². The number of halogens is 1. The molecule has 0 fully saturated rings. The van der Waals surface area contributed by atoms with Crippen molar-refractivity contribution in [3.8, 4) is 11.6 Å². The molecule has 34 heavy (non-hydrogen) atoms. The van der Waals surface area contributed by atoms with Crippen LogP contribution in [0.1, 0.15) is 11.1 Å². The summed E-state index contributed by atoms with van der Waals surface area (Å²) < 4.78 is 40.4. The van der Waals surface area contributed by atoms with E-state index in [2.05, 4.69) is 24.6 Å². The van der Waals surface area contributed by atoms with E-state index in [0.29, 0.717) is 27.7 Å². The highest BCUT2D eigenvalue weighted by molar-refractivity contribution is 7.92. The fourth-order valence-electron chi connectivity index (χ4n) is 3.55. The lowest BCUT2D eigenvalue weighted by molar-refractivity contribution is 0.293. The van der Waals surface area contributed by atoms with Crippen LogP contribution in [-0.2, 0) is 16.6 Å². The van der Waals surface area contributed by atoms with Crippen LogP contribution in [0.4, 0.5) is 11.5 Å². The van der Waals surface area contributed by atoms with Crippen LogP contribution in [0, 0.1) is 6.92 Å². The summed E-state index contributed by atoms with van der Waals surface area (Å²) in [4.78, 5) is 15.6. The van der Waals surface area contributed by atoms with E-state index >= 15 is 0 Å². The first-order valence-electron chi connectivity index (χ1n) is 10.3. The highest BCUT2D eigenvalue weighted by Crippen LogP contribution is 2.33. The number of anilines is 2. The van der Waals surface area contributed by atoms with Crippen LogP contribution in [-0.4, -0.2) is 43.6 Å². The van der Waals surface area contributed by atoms with E-state index in [9.17, 15) is 8.42 Å². The van der Waals surface area contributed by atoms with Crippen molar-refractivity contribution in [3.63, 3.8) is 0 Å². The largest absolute Gasteiger partial charge is 0.490 e. The van der Waals surface area contributed by atoms with E-state index in [1.165, 1.54) is 17.4 Å². The monoisotopic (exact) mass is 517 g/mol. The number of thiazole rings is 1. The van der Waals surface area contributed by atoms with E-state index in [4.69, 9.17) is 21.1 Å². The number of sulfonamides is 1. The Kier molecular flexibility index (Phi) is 5.92. The number of aromatic nitrogens is 3. The van der Waals surface area contributed by atoms with Crippen LogP contribution >= 0.6 is 22.9 Å². The Morgan fingerprint density at radius 2 is 2.12 bits per heavy atom. The molecule has 9 nitrogen and oxygen atoms in total. The molecule has 1 aliphatic rings. The van der Waals surface area contributed by atoms with Crippen LogP contribution < -0.4 is 19.1 Å². The molecule has 0 bridgehead atoms. The van der Waals surface area contributed by atoms with Crippen molar-refractivity contribution in [3.05, 3.63) is 58.1 Å². The normalized spacial score (nSPS) is 13.4. The predicted molar refractivity (Wildman–Crippen MR) is 132 cm³/mol. The number of likely N-dealkylation sites (N-methyl/N-ethyl adjacent to an activating group) is 1. The topological polar surface area (TPSA) is 107 Å². The van der Waals surface area contributed by atoms with E-state index in [1.807, 2.05) is 25.2 Å². The second kappa shape index (κ2) is 8.90. The van der Waals surface area contributed by atoms with Gasteiger partial charge >= 0.3 is 0 Å². The maximum atomic E-state index is 13.1. The highest BCUT2D eigenvalue weighted by atomic mass is 35.5. The zero-order valence-electron chi connectivity index (χ0n) is 18.3. The number of fused-ring (bicyclic) bond motifs is 2. The van der Waals surface area contributed by atoms with Crippen molar-refractivity contribution in [1.29, 1.82) is 0 Å². The van der Waals surface area contributed by atoms with Crippen molar-refractivity contribution in [1.82, 2.24) is 15.0 Å². The van der Waals surface area contributed by atoms with Gasteiger partial charge in [0, 0.05) is 12.1 Å². The Hall–Kier alpha value is -3.15. The van der Waals surface area contributed by atoms with Crippen molar-refractivity contribution in [2.75, 3.05) is 29.8 Å². The maximum Gasteiger partial charge on any atom is 0.263 e. The minimum atomic E-state index is -4.01. The minimum Gasteiger partial charge on any atom is -0.490 e. The van der Waals surface area contributed by atoms with Crippen LogP contribution in [0.2, 0.25) is 5.02 Å². The zero-order chi connectivity index (χ0) is 23.9. The lowest BCUT2D eigenvalue weighted by Crippen LogP contribution is -2.28. The number of nitrogens with one attached hydrogen (secondary N) is 1. The molecule has 1 aliphatic heterocycles. The van der Waals surface area contributed by atoms with Gasteiger partial charge in [-0.1, -0.05) is 23.7 Å². The number of nitrogens with zero attached hydrogens (tertiary/aromatic N) is 4. The summed E-state index contributed by atoms with van der Waals surface area (Å²) in [7, 11) is -2.01. The molecule has 3 heterocycles. The third kappa shape index (κ3) is 4.33. The molecule has 0 saturated heterocycles. The molecule has 0 radical (unpaired) electrons. The molecule has 176 valence electrons. The predicted octanol–water partition coefficient (Wildman–Crippen LogP) is 4.26. The number of benzene rings is 2. The highest BCUT2D eigenvalue weighted by Gasteiger charge is 2.23. The molecule has 5 rings (SSSR count). The lowest BCUT2D eigenvalue weighted by atomic mass is 10.1. The van der Waals surface area contributed by atoms with Gasteiger partial charge in [-0.05, 0) is 42.3 Å². The summed E-state index contributed by atoms with van der Waals surface area (Å²) in [6.45, 7) is 3.23. The van der Waals surface area contributed by atoms with Gasteiger partial charge in [-0.2, -0.15) is 4.98 Å².